The number of benzene rings is 1. The summed E-state index contributed by atoms with van der Waals surface area (Å²) in [6.45, 7) is 1.15. The highest BCUT2D eigenvalue weighted by Crippen LogP contribution is 2.42. The number of carbonyl (C=O) groups excluding carboxylic acids is 2. The standard InChI is InChI=1S/C23H25ClO9/c1-10-6-16-15(32-16)5-3-2-4-11(26)7-12-18(23(30)31-10)14(27)8-13(19(12)24)22-21(29)20(28)17(9-25)33-22/h2-5,8,10,15-17,20-22,25,27-29H,6-7,9H2,1H3/b4-2+,5-3-/t10-,15-,16-,17?,20?,21?,22?/m1/s1. The molecule has 0 aromatic heterocycles. The molecule has 3 aliphatic heterocycles. The lowest BCUT2D eigenvalue weighted by Crippen LogP contribution is -2.32. The van der Waals surface area contributed by atoms with Gasteiger partial charge in [-0.3, -0.25) is 4.79 Å². The fraction of sp³-hybridized carbons (Fsp3) is 0.478. The van der Waals surface area contributed by atoms with Gasteiger partial charge >= 0.3 is 5.97 Å². The van der Waals surface area contributed by atoms with E-state index in [9.17, 15) is 30.0 Å². The highest BCUT2D eigenvalue weighted by Gasteiger charge is 2.45. The van der Waals surface area contributed by atoms with Gasteiger partial charge in [-0.25, -0.2) is 4.79 Å². The molecule has 0 bridgehead atoms. The highest BCUT2D eigenvalue weighted by atomic mass is 35.5. The van der Waals surface area contributed by atoms with E-state index in [1.807, 2.05) is 0 Å². The van der Waals surface area contributed by atoms with Crippen LogP contribution in [0.4, 0.5) is 0 Å². The minimum absolute atomic E-state index is 0.0119. The van der Waals surface area contributed by atoms with Gasteiger partial charge in [0.25, 0.3) is 0 Å². The van der Waals surface area contributed by atoms with Crippen molar-refractivity contribution >= 4 is 23.4 Å². The number of hydrogen-bond acceptors (Lipinski definition) is 9. The highest BCUT2D eigenvalue weighted by molar-refractivity contribution is 6.33. The maximum Gasteiger partial charge on any atom is 0.342 e. The van der Waals surface area contributed by atoms with Crippen molar-refractivity contribution in [1.29, 1.82) is 0 Å². The molecule has 4 rings (SSSR count). The summed E-state index contributed by atoms with van der Waals surface area (Å²) in [5, 5.41) is 40.5. The number of allylic oxidation sites excluding steroid dienone is 3. The summed E-state index contributed by atoms with van der Waals surface area (Å²) in [5.74, 6) is -1.76. The molecule has 4 N–H and O–H groups in total. The molecule has 33 heavy (non-hydrogen) atoms. The smallest absolute Gasteiger partial charge is 0.342 e. The number of carbonyl (C=O) groups is 2. The van der Waals surface area contributed by atoms with E-state index in [0.717, 1.165) is 6.07 Å². The van der Waals surface area contributed by atoms with E-state index in [1.54, 1.807) is 25.2 Å². The third kappa shape index (κ3) is 4.84. The number of esters is 1. The molecule has 1 aromatic rings. The first kappa shape index (κ1) is 23.9. The molecule has 3 aliphatic rings. The Labute approximate surface area is 194 Å². The topological polar surface area (TPSA) is 146 Å². The first-order valence-corrected chi connectivity index (χ1v) is 11.0. The molecule has 178 valence electrons. The third-order valence-electron chi connectivity index (χ3n) is 5.96. The number of ether oxygens (including phenoxy) is 3. The summed E-state index contributed by atoms with van der Waals surface area (Å²) < 4.78 is 16.5. The van der Waals surface area contributed by atoms with Crippen LogP contribution in [0.2, 0.25) is 5.02 Å². The summed E-state index contributed by atoms with van der Waals surface area (Å²) in [4.78, 5) is 25.5. The van der Waals surface area contributed by atoms with Crippen molar-refractivity contribution < 1.29 is 44.2 Å². The Morgan fingerprint density at radius 2 is 1.91 bits per heavy atom. The molecular weight excluding hydrogens is 456 g/mol. The maximum atomic E-state index is 13.0. The number of aliphatic hydroxyl groups excluding tert-OH is 3. The zero-order chi connectivity index (χ0) is 23.9. The Morgan fingerprint density at radius 3 is 2.61 bits per heavy atom. The number of fused-ring (bicyclic) bond motifs is 2. The maximum absolute atomic E-state index is 13.0. The van der Waals surface area contributed by atoms with Crippen LogP contribution in [-0.4, -0.2) is 75.4 Å². The molecule has 2 fully saturated rings. The lowest BCUT2D eigenvalue weighted by molar-refractivity contribution is -0.114. The van der Waals surface area contributed by atoms with E-state index in [4.69, 9.17) is 25.8 Å². The molecule has 3 heterocycles. The van der Waals surface area contributed by atoms with Crippen molar-refractivity contribution in [2.45, 2.75) is 62.5 Å². The third-order valence-corrected chi connectivity index (χ3v) is 6.41. The van der Waals surface area contributed by atoms with E-state index in [-0.39, 0.29) is 40.3 Å². The van der Waals surface area contributed by atoms with Gasteiger partial charge < -0.3 is 34.6 Å². The molecule has 9 nitrogen and oxygen atoms in total. The van der Waals surface area contributed by atoms with Crippen LogP contribution in [0.5, 0.6) is 5.75 Å². The van der Waals surface area contributed by atoms with Gasteiger partial charge in [0.2, 0.25) is 0 Å². The summed E-state index contributed by atoms with van der Waals surface area (Å²) >= 11 is 6.57. The molecule has 0 aliphatic carbocycles. The molecule has 1 aromatic carbocycles. The number of aliphatic hydroxyl groups is 3. The van der Waals surface area contributed by atoms with Crippen LogP contribution in [0.3, 0.4) is 0 Å². The second-order valence-electron chi connectivity index (χ2n) is 8.39. The first-order valence-electron chi connectivity index (χ1n) is 10.6. The fourth-order valence-corrected chi connectivity index (χ4v) is 4.50. The monoisotopic (exact) mass is 480 g/mol. The molecule has 0 amide bonds. The second kappa shape index (κ2) is 9.54. The van der Waals surface area contributed by atoms with E-state index in [0.29, 0.717) is 6.42 Å². The SMILES string of the molecule is C[C@@H]1C[C@H]2O[C@@H]2/C=C\C=C\C(=O)Cc2c(Cl)c(C3OC(CO)C(O)C3O)cc(O)c2C(=O)O1. The van der Waals surface area contributed by atoms with Crippen molar-refractivity contribution in [3.63, 3.8) is 0 Å². The van der Waals surface area contributed by atoms with Gasteiger partial charge in [0.1, 0.15) is 47.9 Å². The van der Waals surface area contributed by atoms with Gasteiger partial charge in [-0.1, -0.05) is 29.8 Å². The second-order valence-corrected chi connectivity index (χ2v) is 8.77. The Morgan fingerprint density at radius 1 is 1.15 bits per heavy atom. The van der Waals surface area contributed by atoms with Crippen LogP contribution in [-0.2, 0) is 25.4 Å². The Hall–Kier alpha value is -2.27. The van der Waals surface area contributed by atoms with Crippen LogP contribution < -0.4 is 0 Å². The fourth-order valence-electron chi connectivity index (χ4n) is 4.18. The minimum Gasteiger partial charge on any atom is -0.507 e. The Kier molecular flexibility index (Phi) is 6.90. The van der Waals surface area contributed by atoms with E-state index >= 15 is 0 Å². The average Bonchev–Trinajstić information content (AvgIpc) is 3.43. The summed E-state index contributed by atoms with van der Waals surface area (Å²) in [7, 11) is 0. The zero-order valence-electron chi connectivity index (χ0n) is 17.8. The lowest BCUT2D eigenvalue weighted by Gasteiger charge is -2.22. The zero-order valence-corrected chi connectivity index (χ0v) is 18.5. The van der Waals surface area contributed by atoms with Gasteiger partial charge in [-0.05, 0) is 24.6 Å². The van der Waals surface area contributed by atoms with Crippen LogP contribution >= 0.6 is 11.6 Å². The predicted molar refractivity (Wildman–Crippen MR) is 115 cm³/mol. The van der Waals surface area contributed by atoms with Gasteiger partial charge in [0.05, 0.1) is 17.7 Å². The summed E-state index contributed by atoms with van der Waals surface area (Å²) in [5.41, 5.74) is -0.175. The van der Waals surface area contributed by atoms with Gasteiger partial charge in [-0.15, -0.1) is 0 Å². The van der Waals surface area contributed by atoms with Crippen molar-refractivity contribution in [3.8, 4) is 5.75 Å². The normalized spacial score (nSPS) is 36.3. The van der Waals surface area contributed by atoms with Crippen LogP contribution in [0, 0.1) is 0 Å². The number of rotatable bonds is 2. The summed E-state index contributed by atoms with van der Waals surface area (Å²) in [6, 6.07) is 1.14. The molecule has 4 unspecified atom stereocenters. The van der Waals surface area contributed by atoms with Crippen molar-refractivity contribution in [2.24, 2.45) is 0 Å². The van der Waals surface area contributed by atoms with E-state index in [1.165, 1.54) is 6.08 Å². The molecule has 10 heteroatoms. The van der Waals surface area contributed by atoms with Crippen LogP contribution in [0.25, 0.3) is 0 Å². The quantitative estimate of drug-likeness (QED) is 0.361. The summed E-state index contributed by atoms with van der Waals surface area (Å²) in [6.07, 6.45) is 0.648. The van der Waals surface area contributed by atoms with Gasteiger partial charge in [0.15, 0.2) is 5.78 Å². The molecule has 7 atom stereocenters. The van der Waals surface area contributed by atoms with Crippen molar-refractivity contribution in [3.05, 3.63) is 52.1 Å². The number of ketones is 1. The molecular formula is C23H25ClO9. The number of phenols is 1. The van der Waals surface area contributed by atoms with Gasteiger partial charge in [0, 0.05) is 18.4 Å². The molecule has 0 saturated carbocycles. The molecule has 2 saturated heterocycles. The van der Waals surface area contributed by atoms with Gasteiger partial charge in [-0.2, -0.15) is 0 Å². The predicted octanol–water partition coefficient (Wildman–Crippen LogP) is 1.14. The van der Waals surface area contributed by atoms with Crippen molar-refractivity contribution in [2.75, 3.05) is 6.61 Å². The number of epoxide rings is 1. The number of halogens is 1. The van der Waals surface area contributed by atoms with Crippen LogP contribution in [0.1, 0.15) is 40.9 Å². The molecule has 0 spiro atoms. The number of aromatic hydroxyl groups is 1. The van der Waals surface area contributed by atoms with E-state index < -0.39 is 54.6 Å². The lowest BCUT2D eigenvalue weighted by atomic mass is 9.93. The molecule has 0 radical (unpaired) electrons. The first-order chi connectivity index (χ1) is 15.7. The van der Waals surface area contributed by atoms with E-state index in [2.05, 4.69) is 0 Å². The van der Waals surface area contributed by atoms with Crippen LogP contribution in [0.15, 0.2) is 30.4 Å². The minimum atomic E-state index is -1.45. The number of hydrogen-bond donors (Lipinski definition) is 4. The van der Waals surface area contributed by atoms with Crippen molar-refractivity contribution in [1.82, 2.24) is 0 Å². The number of phenolic OH excluding ortho intramolecular Hbond substituents is 1. The largest absolute Gasteiger partial charge is 0.507 e. The Balaban J connectivity index is 1.75. The average molecular weight is 481 g/mol. The number of cyclic esters (lactones) is 1. The Bertz CT molecular complexity index is 1000.